The molecule has 5 nitrogen and oxygen atoms in total. The van der Waals surface area contributed by atoms with Gasteiger partial charge in [-0.15, -0.1) is 0 Å². The van der Waals surface area contributed by atoms with E-state index in [9.17, 15) is 4.79 Å². The third-order valence-corrected chi connectivity index (χ3v) is 3.37. The third-order valence-electron chi connectivity index (χ3n) is 3.37. The van der Waals surface area contributed by atoms with Crippen molar-refractivity contribution in [1.29, 1.82) is 0 Å². The number of aromatic nitrogens is 1. The Morgan fingerprint density at radius 1 is 1.09 bits per heavy atom. The van der Waals surface area contributed by atoms with Gasteiger partial charge in [-0.05, 0) is 61.4 Å². The number of aryl methyl sites for hydroxylation is 2. The van der Waals surface area contributed by atoms with Crippen LogP contribution >= 0.6 is 0 Å². The molecule has 0 aliphatic rings. The van der Waals surface area contributed by atoms with Gasteiger partial charge in [-0.3, -0.25) is 4.79 Å². The summed E-state index contributed by atoms with van der Waals surface area (Å²) in [6, 6.07) is 13.0. The van der Waals surface area contributed by atoms with Crippen LogP contribution < -0.4 is 11.1 Å². The lowest BCUT2D eigenvalue weighted by molar-refractivity contribution is 0.102. The number of anilines is 2. The van der Waals surface area contributed by atoms with E-state index in [1.54, 1.807) is 24.3 Å². The van der Waals surface area contributed by atoms with Gasteiger partial charge in [0.1, 0.15) is 6.26 Å². The normalized spacial score (nSPS) is 10.5. The van der Waals surface area contributed by atoms with Crippen molar-refractivity contribution in [3.8, 4) is 11.5 Å². The van der Waals surface area contributed by atoms with Crippen LogP contribution in [0, 0.1) is 13.8 Å². The first-order chi connectivity index (χ1) is 11.0. The van der Waals surface area contributed by atoms with E-state index in [2.05, 4.69) is 10.3 Å². The molecule has 0 saturated heterocycles. The lowest BCUT2D eigenvalue weighted by Gasteiger charge is -2.05. The Labute approximate surface area is 134 Å². The molecule has 0 bridgehead atoms. The zero-order valence-electron chi connectivity index (χ0n) is 13.0. The van der Waals surface area contributed by atoms with Crippen molar-refractivity contribution >= 4 is 17.3 Å². The largest absolute Gasteiger partial charge is 0.444 e. The number of rotatable bonds is 3. The fourth-order valence-corrected chi connectivity index (χ4v) is 2.38. The van der Waals surface area contributed by atoms with Gasteiger partial charge in [-0.1, -0.05) is 6.07 Å². The van der Waals surface area contributed by atoms with Crippen LogP contribution in [0.4, 0.5) is 11.4 Å². The number of oxazole rings is 1. The molecule has 0 atom stereocenters. The molecule has 3 N–H and O–H groups in total. The number of hydrogen-bond donors (Lipinski definition) is 2. The van der Waals surface area contributed by atoms with Gasteiger partial charge >= 0.3 is 0 Å². The van der Waals surface area contributed by atoms with E-state index in [-0.39, 0.29) is 11.6 Å². The lowest BCUT2D eigenvalue weighted by Crippen LogP contribution is -2.12. The second-order valence-electron chi connectivity index (χ2n) is 5.49. The van der Waals surface area contributed by atoms with E-state index in [4.69, 9.17) is 10.2 Å². The van der Waals surface area contributed by atoms with Gasteiger partial charge in [-0.2, -0.15) is 0 Å². The molecule has 0 fully saturated rings. The van der Waals surface area contributed by atoms with Gasteiger partial charge in [0.25, 0.3) is 5.91 Å². The number of benzene rings is 2. The Hall–Kier alpha value is -3.08. The van der Waals surface area contributed by atoms with Crippen LogP contribution in [0.1, 0.15) is 21.6 Å². The molecule has 3 aromatic rings. The Kier molecular flexibility index (Phi) is 3.85. The zero-order chi connectivity index (χ0) is 16.4. The van der Waals surface area contributed by atoms with Crippen molar-refractivity contribution in [3.63, 3.8) is 0 Å². The summed E-state index contributed by atoms with van der Waals surface area (Å²) in [6.07, 6.45) is 1.35. The summed E-state index contributed by atoms with van der Waals surface area (Å²) in [5.74, 6) is 0.0796. The molecule has 0 radical (unpaired) electrons. The maximum absolute atomic E-state index is 12.3. The number of hydrogen-bond acceptors (Lipinski definition) is 4. The summed E-state index contributed by atoms with van der Waals surface area (Å²) >= 11 is 0. The van der Waals surface area contributed by atoms with Crippen LogP contribution in [0.25, 0.3) is 11.5 Å². The molecule has 0 aliphatic heterocycles. The van der Waals surface area contributed by atoms with Crippen LogP contribution in [0.2, 0.25) is 0 Å². The highest BCUT2D eigenvalue weighted by Gasteiger charge is 2.14. The maximum Gasteiger partial charge on any atom is 0.277 e. The number of carbonyl (C=O) groups excluding carboxylic acids is 1. The van der Waals surface area contributed by atoms with Crippen molar-refractivity contribution in [2.24, 2.45) is 0 Å². The van der Waals surface area contributed by atoms with Crippen molar-refractivity contribution in [2.45, 2.75) is 13.8 Å². The first-order valence-corrected chi connectivity index (χ1v) is 7.22. The fraction of sp³-hybridized carbons (Fsp3) is 0.111. The van der Waals surface area contributed by atoms with Crippen LogP contribution in [0.5, 0.6) is 0 Å². The third kappa shape index (κ3) is 3.40. The first kappa shape index (κ1) is 14.8. The van der Waals surface area contributed by atoms with Gasteiger partial charge in [0.05, 0.1) is 0 Å². The van der Waals surface area contributed by atoms with Gasteiger partial charge in [0.2, 0.25) is 5.89 Å². The van der Waals surface area contributed by atoms with E-state index in [1.165, 1.54) is 6.26 Å². The van der Waals surface area contributed by atoms with Crippen LogP contribution in [0.3, 0.4) is 0 Å². The van der Waals surface area contributed by atoms with Crippen LogP contribution in [-0.4, -0.2) is 10.9 Å². The van der Waals surface area contributed by atoms with Gasteiger partial charge < -0.3 is 15.5 Å². The second-order valence-corrected chi connectivity index (χ2v) is 5.49. The van der Waals surface area contributed by atoms with Crippen molar-refractivity contribution < 1.29 is 9.21 Å². The Morgan fingerprint density at radius 3 is 2.39 bits per heavy atom. The molecular formula is C18H17N3O2. The number of nitrogens with zero attached hydrogens (tertiary/aromatic N) is 1. The van der Waals surface area contributed by atoms with E-state index in [0.717, 1.165) is 22.4 Å². The number of nitrogens with two attached hydrogens (primary N) is 1. The quantitative estimate of drug-likeness (QED) is 0.721. The maximum atomic E-state index is 12.3. The molecule has 1 amide bonds. The summed E-state index contributed by atoms with van der Waals surface area (Å²) < 4.78 is 5.38. The Balaban J connectivity index is 1.79. The van der Waals surface area contributed by atoms with E-state index in [0.29, 0.717) is 11.6 Å². The topological polar surface area (TPSA) is 81.2 Å². The minimum Gasteiger partial charge on any atom is -0.444 e. The minimum absolute atomic E-state index is 0.232. The first-order valence-electron chi connectivity index (χ1n) is 7.22. The highest BCUT2D eigenvalue weighted by atomic mass is 16.3. The van der Waals surface area contributed by atoms with Crippen molar-refractivity contribution in [2.75, 3.05) is 11.1 Å². The van der Waals surface area contributed by atoms with Crippen LogP contribution in [-0.2, 0) is 0 Å². The summed E-state index contributed by atoms with van der Waals surface area (Å²) in [4.78, 5) is 16.5. The second kappa shape index (κ2) is 5.96. The lowest BCUT2D eigenvalue weighted by atomic mass is 10.1. The van der Waals surface area contributed by atoms with E-state index >= 15 is 0 Å². The molecule has 0 spiro atoms. The average molecular weight is 307 g/mol. The molecule has 5 heteroatoms. The molecule has 3 rings (SSSR count). The molecule has 23 heavy (non-hydrogen) atoms. The molecule has 0 saturated carbocycles. The monoisotopic (exact) mass is 307 g/mol. The molecule has 116 valence electrons. The number of nitrogens with one attached hydrogen (secondary N) is 1. The highest BCUT2D eigenvalue weighted by molar-refractivity contribution is 6.03. The summed E-state index contributed by atoms with van der Waals surface area (Å²) in [5, 5.41) is 2.83. The Morgan fingerprint density at radius 2 is 1.74 bits per heavy atom. The predicted octanol–water partition coefficient (Wildman–Crippen LogP) is 3.79. The van der Waals surface area contributed by atoms with Crippen LogP contribution in [0.15, 0.2) is 53.1 Å². The van der Waals surface area contributed by atoms with Gasteiger partial charge in [-0.25, -0.2) is 4.98 Å². The summed E-state index contributed by atoms with van der Waals surface area (Å²) in [6.45, 7) is 3.97. The Bertz CT molecular complexity index is 831. The predicted molar refractivity (Wildman–Crippen MR) is 90.2 cm³/mol. The standard InChI is InChI=1S/C18H17N3O2/c1-11-7-12(2)9-15(8-11)20-17(22)16-10-23-18(21-16)13-3-5-14(19)6-4-13/h3-10H,19H2,1-2H3,(H,20,22). The average Bonchev–Trinajstić information content (AvgIpc) is 2.97. The zero-order valence-corrected chi connectivity index (χ0v) is 13.0. The highest BCUT2D eigenvalue weighted by Crippen LogP contribution is 2.21. The summed E-state index contributed by atoms with van der Waals surface area (Å²) in [5.41, 5.74) is 10.2. The van der Waals surface area contributed by atoms with Crippen molar-refractivity contribution in [3.05, 3.63) is 65.5 Å². The van der Waals surface area contributed by atoms with Gasteiger partial charge in [0.15, 0.2) is 5.69 Å². The van der Waals surface area contributed by atoms with Gasteiger partial charge in [0, 0.05) is 16.9 Å². The molecule has 0 unspecified atom stereocenters. The fourth-order valence-electron chi connectivity index (χ4n) is 2.38. The van der Waals surface area contributed by atoms with Crippen molar-refractivity contribution in [1.82, 2.24) is 4.98 Å². The summed E-state index contributed by atoms with van der Waals surface area (Å²) in [7, 11) is 0. The van der Waals surface area contributed by atoms with E-state index in [1.807, 2.05) is 32.0 Å². The molecule has 1 heterocycles. The molecule has 2 aromatic carbocycles. The number of amides is 1. The molecule has 1 aromatic heterocycles. The SMILES string of the molecule is Cc1cc(C)cc(NC(=O)c2coc(-c3ccc(N)cc3)n2)c1. The molecular weight excluding hydrogens is 290 g/mol. The minimum atomic E-state index is -0.305. The van der Waals surface area contributed by atoms with E-state index < -0.39 is 0 Å². The smallest absolute Gasteiger partial charge is 0.277 e. The molecule has 0 aliphatic carbocycles. The number of nitrogen functional groups attached to an aromatic ring is 1. The number of carbonyl (C=O) groups is 1.